The van der Waals surface area contributed by atoms with Crippen molar-refractivity contribution in [3.05, 3.63) is 56.3 Å². The zero-order valence-corrected chi connectivity index (χ0v) is 14.0. The maximum atomic E-state index is 12.5. The number of amides is 1. The van der Waals surface area contributed by atoms with Gasteiger partial charge in [0.1, 0.15) is 10.9 Å². The molecule has 102 valence electrons. The molecule has 0 aliphatic heterocycles. The largest absolute Gasteiger partial charge is 0.301 e. The lowest BCUT2D eigenvalue weighted by molar-refractivity contribution is -0.106. The van der Waals surface area contributed by atoms with E-state index in [0.717, 1.165) is 3.57 Å². The van der Waals surface area contributed by atoms with Crippen LogP contribution < -0.4 is 4.90 Å². The molecular formula is C14H10BrIN2O2. The molecule has 0 radical (unpaired) electrons. The fraction of sp³-hybridized carbons (Fsp3) is 0.0714. The monoisotopic (exact) mass is 444 g/mol. The first kappa shape index (κ1) is 15.1. The fourth-order valence-electron chi connectivity index (χ4n) is 1.69. The number of carbonyl (C=O) groups excluding carboxylic acids is 2. The SMILES string of the molecule is O=CCN(C(=O)c1cccnc1Br)c1ccc(I)cc1. The van der Waals surface area contributed by atoms with Crippen LogP contribution in [0.5, 0.6) is 0 Å². The average molecular weight is 445 g/mol. The minimum Gasteiger partial charge on any atom is -0.301 e. The number of anilines is 1. The average Bonchev–Trinajstić information content (AvgIpc) is 2.46. The molecule has 2 rings (SSSR count). The van der Waals surface area contributed by atoms with Crippen LogP contribution in [0.15, 0.2) is 47.2 Å². The van der Waals surface area contributed by atoms with Crippen molar-refractivity contribution < 1.29 is 9.59 Å². The Kier molecular flexibility index (Phi) is 5.24. The van der Waals surface area contributed by atoms with Gasteiger partial charge in [-0.25, -0.2) is 4.98 Å². The van der Waals surface area contributed by atoms with E-state index >= 15 is 0 Å². The molecule has 0 bridgehead atoms. The topological polar surface area (TPSA) is 50.3 Å². The van der Waals surface area contributed by atoms with Gasteiger partial charge in [-0.2, -0.15) is 0 Å². The first-order valence-corrected chi connectivity index (χ1v) is 7.62. The number of aromatic nitrogens is 1. The smallest absolute Gasteiger partial charge is 0.261 e. The molecule has 1 amide bonds. The van der Waals surface area contributed by atoms with Crippen LogP contribution >= 0.6 is 38.5 Å². The maximum absolute atomic E-state index is 12.5. The minimum atomic E-state index is -0.265. The molecule has 20 heavy (non-hydrogen) atoms. The normalized spacial score (nSPS) is 10.1. The second kappa shape index (κ2) is 6.94. The highest BCUT2D eigenvalue weighted by atomic mass is 127. The summed E-state index contributed by atoms with van der Waals surface area (Å²) in [5, 5.41) is 0. The zero-order valence-electron chi connectivity index (χ0n) is 10.3. The fourth-order valence-corrected chi connectivity index (χ4v) is 2.47. The second-order valence-corrected chi connectivity index (χ2v) is 5.90. The lowest BCUT2D eigenvalue weighted by Crippen LogP contribution is -2.33. The van der Waals surface area contributed by atoms with Gasteiger partial charge in [-0.3, -0.25) is 4.79 Å². The van der Waals surface area contributed by atoms with Crippen molar-refractivity contribution in [1.82, 2.24) is 4.98 Å². The summed E-state index contributed by atoms with van der Waals surface area (Å²) in [6.45, 7) is 0.000754. The highest BCUT2D eigenvalue weighted by Crippen LogP contribution is 2.21. The van der Waals surface area contributed by atoms with E-state index in [9.17, 15) is 9.59 Å². The maximum Gasteiger partial charge on any atom is 0.261 e. The quantitative estimate of drug-likeness (QED) is 0.413. The van der Waals surface area contributed by atoms with Gasteiger partial charge < -0.3 is 9.69 Å². The molecular weight excluding hydrogens is 435 g/mol. The summed E-state index contributed by atoms with van der Waals surface area (Å²) < 4.78 is 1.53. The van der Waals surface area contributed by atoms with E-state index in [0.29, 0.717) is 22.1 Å². The van der Waals surface area contributed by atoms with Crippen molar-refractivity contribution in [2.75, 3.05) is 11.4 Å². The Balaban J connectivity index is 2.38. The molecule has 0 N–H and O–H groups in total. The number of aldehydes is 1. The summed E-state index contributed by atoms with van der Waals surface area (Å²) in [6.07, 6.45) is 2.30. The molecule has 6 heteroatoms. The van der Waals surface area contributed by atoms with E-state index in [1.54, 1.807) is 18.3 Å². The Bertz CT molecular complexity index is 631. The van der Waals surface area contributed by atoms with Gasteiger partial charge in [-0.05, 0) is 74.9 Å². The third-order valence-corrected chi connectivity index (χ3v) is 3.98. The molecule has 0 spiro atoms. The lowest BCUT2D eigenvalue weighted by atomic mass is 10.2. The molecule has 0 atom stereocenters. The third-order valence-electron chi connectivity index (χ3n) is 2.63. The van der Waals surface area contributed by atoms with Crippen LogP contribution in [0.4, 0.5) is 5.69 Å². The van der Waals surface area contributed by atoms with E-state index in [1.165, 1.54) is 4.90 Å². The predicted octanol–water partition coefficient (Wildman–Crippen LogP) is 3.29. The predicted molar refractivity (Wildman–Crippen MR) is 88.8 cm³/mol. The number of hydrogen-bond donors (Lipinski definition) is 0. The standard InChI is InChI=1S/C14H10BrIN2O2/c15-13-12(2-1-7-17-13)14(20)18(8-9-19)11-5-3-10(16)4-6-11/h1-7,9H,8H2. The summed E-state index contributed by atoms with van der Waals surface area (Å²) in [5.41, 5.74) is 1.10. The summed E-state index contributed by atoms with van der Waals surface area (Å²) >= 11 is 5.44. The highest BCUT2D eigenvalue weighted by Gasteiger charge is 2.19. The summed E-state index contributed by atoms with van der Waals surface area (Å²) in [5.74, 6) is -0.265. The molecule has 0 saturated heterocycles. The van der Waals surface area contributed by atoms with Crippen LogP contribution in [-0.2, 0) is 4.79 Å². The number of pyridine rings is 1. The van der Waals surface area contributed by atoms with Crippen molar-refractivity contribution in [1.29, 1.82) is 0 Å². The molecule has 1 heterocycles. The van der Waals surface area contributed by atoms with E-state index in [2.05, 4.69) is 43.5 Å². The molecule has 1 aromatic heterocycles. The Hall–Kier alpha value is -1.28. The van der Waals surface area contributed by atoms with Gasteiger partial charge in [0.15, 0.2) is 0 Å². The molecule has 0 saturated carbocycles. The van der Waals surface area contributed by atoms with Crippen LogP contribution in [0.25, 0.3) is 0 Å². The van der Waals surface area contributed by atoms with Gasteiger partial charge in [0.05, 0.1) is 12.1 Å². The minimum absolute atomic E-state index is 0.000754. The van der Waals surface area contributed by atoms with E-state index in [1.807, 2.05) is 24.3 Å². The molecule has 0 unspecified atom stereocenters. The van der Waals surface area contributed by atoms with Gasteiger partial charge in [-0.1, -0.05) is 0 Å². The number of halogens is 2. The van der Waals surface area contributed by atoms with E-state index < -0.39 is 0 Å². The Labute approximate surface area is 138 Å². The van der Waals surface area contributed by atoms with Gasteiger partial charge in [0.25, 0.3) is 5.91 Å². The van der Waals surface area contributed by atoms with Crippen LogP contribution in [0, 0.1) is 3.57 Å². The molecule has 0 aliphatic carbocycles. The van der Waals surface area contributed by atoms with E-state index in [-0.39, 0.29) is 12.5 Å². The molecule has 0 aliphatic rings. The van der Waals surface area contributed by atoms with Gasteiger partial charge in [0.2, 0.25) is 0 Å². The van der Waals surface area contributed by atoms with Gasteiger partial charge in [0, 0.05) is 15.5 Å². The molecule has 1 aromatic carbocycles. The third kappa shape index (κ3) is 3.43. The van der Waals surface area contributed by atoms with Crippen LogP contribution in [0.1, 0.15) is 10.4 Å². The number of nitrogens with zero attached hydrogens (tertiary/aromatic N) is 2. The molecule has 4 nitrogen and oxygen atoms in total. The summed E-state index contributed by atoms with van der Waals surface area (Å²) in [4.78, 5) is 28.8. The number of carbonyl (C=O) groups is 2. The van der Waals surface area contributed by atoms with Crippen LogP contribution in [0.2, 0.25) is 0 Å². The first-order chi connectivity index (χ1) is 9.63. The lowest BCUT2D eigenvalue weighted by Gasteiger charge is -2.20. The number of benzene rings is 1. The van der Waals surface area contributed by atoms with Gasteiger partial charge in [-0.15, -0.1) is 0 Å². The zero-order chi connectivity index (χ0) is 14.5. The molecule has 2 aromatic rings. The van der Waals surface area contributed by atoms with E-state index in [4.69, 9.17) is 0 Å². The summed E-state index contributed by atoms with van der Waals surface area (Å²) in [6, 6.07) is 10.8. The number of rotatable bonds is 4. The van der Waals surface area contributed by atoms with Crippen molar-refractivity contribution in [3.8, 4) is 0 Å². The molecule has 0 fully saturated rings. The first-order valence-electron chi connectivity index (χ1n) is 5.75. The van der Waals surface area contributed by atoms with Crippen molar-refractivity contribution in [2.45, 2.75) is 0 Å². The Morgan fingerprint density at radius 2 is 2.00 bits per heavy atom. The van der Waals surface area contributed by atoms with Crippen LogP contribution in [-0.4, -0.2) is 23.7 Å². The van der Waals surface area contributed by atoms with Crippen LogP contribution in [0.3, 0.4) is 0 Å². The number of hydrogen-bond acceptors (Lipinski definition) is 3. The highest BCUT2D eigenvalue weighted by molar-refractivity contribution is 14.1. The van der Waals surface area contributed by atoms with Crippen molar-refractivity contribution in [3.63, 3.8) is 0 Å². The van der Waals surface area contributed by atoms with Crippen molar-refractivity contribution >= 4 is 56.4 Å². The Morgan fingerprint density at radius 3 is 2.60 bits per heavy atom. The second-order valence-electron chi connectivity index (χ2n) is 3.90. The van der Waals surface area contributed by atoms with Gasteiger partial charge >= 0.3 is 0 Å². The Morgan fingerprint density at radius 1 is 1.30 bits per heavy atom. The van der Waals surface area contributed by atoms with Crippen molar-refractivity contribution in [2.24, 2.45) is 0 Å². The summed E-state index contributed by atoms with van der Waals surface area (Å²) in [7, 11) is 0.